The molecule has 70 heavy (non-hydrogen) atoms. The molecule has 0 N–H and O–H groups in total. The third kappa shape index (κ3) is 5.08. The van der Waals surface area contributed by atoms with Gasteiger partial charge in [-0.05, 0) is 120 Å². The van der Waals surface area contributed by atoms with Gasteiger partial charge in [0.2, 0.25) is 0 Å². The van der Waals surface area contributed by atoms with Crippen LogP contribution in [-0.2, 0) is 5.41 Å². The minimum Gasteiger partial charge on any atom is -0.457 e. The summed E-state index contributed by atoms with van der Waals surface area (Å²) in [6.45, 7) is 7.86. The monoisotopic (exact) mass is 911 g/mol. The number of anilines is 3. The summed E-state index contributed by atoms with van der Waals surface area (Å²) < 4.78 is 12.0. The molecule has 3 aliphatic rings. The van der Waals surface area contributed by atoms with Crippen LogP contribution in [0.3, 0.4) is 0 Å². The second kappa shape index (κ2) is 14.3. The molecule has 0 bridgehead atoms. The van der Waals surface area contributed by atoms with E-state index < -0.39 is 5.41 Å². The summed E-state index contributed by atoms with van der Waals surface area (Å²) in [5.74, 6) is 1.48. The van der Waals surface area contributed by atoms with Crippen molar-refractivity contribution in [1.29, 1.82) is 5.26 Å². The van der Waals surface area contributed by atoms with Gasteiger partial charge in [0.25, 0.3) is 0 Å². The lowest BCUT2D eigenvalue weighted by Gasteiger charge is -2.41. The van der Waals surface area contributed by atoms with Gasteiger partial charge >= 0.3 is 0 Å². The second-order valence-corrected chi connectivity index (χ2v) is 19.0. The topological polar surface area (TPSA) is 76.3 Å². The SMILES string of the molecule is [C-]#[N+]c1ccc2c(c1)c1ccccc1n2-c1cccc2c1C1(c3ccc(N4c5ccccc5Sc5cc(-n6c7ccccc7c7cc(C#N)ccc76)ccc54)cc3O2)c2cccnc2-c2ncccc21. The molecule has 1 aliphatic carbocycles. The average Bonchev–Trinajstić information content (AvgIpc) is 4.04. The van der Waals surface area contributed by atoms with Crippen molar-refractivity contribution >= 4 is 78.1 Å². The number of hydrogen-bond acceptors (Lipinski definition) is 6. The maximum Gasteiger partial charge on any atom is 0.188 e. The molecule has 15 rings (SSSR count). The van der Waals surface area contributed by atoms with Crippen molar-refractivity contribution in [3.63, 3.8) is 0 Å². The molecule has 12 aromatic rings. The fraction of sp³-hybridized carbons (Fsp3) is 0.0164. The summed E-state index contributed by atoms with van der Waals surface area (Å²) in [5.41, 5.74) is 15.4. The molecule has 1 spiro atoms. The van der Waals surface area contributed by atoms with E-state index in [2.05, 4.69) is 177 Å². The van der Waals surface area contributed by atoms with Crippen LogP contribution in [0.1, 0.15) is 27.8 Å². The Morgan fingerprint density at radius 3 is 1.96 bits per heavy atom. The molecule has 4 aromatic heterocycles. The maximum absolute atomic E-state index is 9.80. The Balaban J connectivity index is 0.955. The van der Waals surface area contributed by atoms with Crippen molar-refractivity contribution in [2.24, 2.45) is 0 Å². The van der Waals surface area contributed by atoms with E-state index in [1.54, 1.807) is 11.8 Å². The van der Waals surface area contributed by atoms with Crippen molar-refractivity contribution in [2.45, 2.75) is 15.2 Å². The first-order chi connectivity index (χ1) is 34.6. The third-order valence-electron chi connectivity index (χ3n) is 14.5. The predicted molar refractivity (Wildman–Crippen MR) is 278 cm³/mol. The zero-order chi connectivity index (χ0) is 46.2. The fourth-order valence-electron chi connectivity index (χ4n) is 11.7. The van der Waals surface area contributed by atoms with Crippen LogP contribution in [0.4, 0.5) is 22.7 Å². The van der Waals surface area contributed by atoms with E-state index in [0.717, 1.165) is 127 Å². The Labute approximate surface area is 405 Å². The summed E-state index contributed by atoms with van der Waals surface area (Å²) >= 11 is 1.77. The summed E-state index contributed by atoms with van der Waals surface area (Å²) in [4.78, 5) is 18.5. The number of aromatic nitrogens is 4. The minimum absolute atomic E-state index is 0.600. The highest BCUT2D eigenvalue weighted by molar-refractivity contribution is 7.99. The van der Waals surface area contributed by atoms with E-state index in [-0.39, 0.29) is 0 Å². The second-order valence-electron chi connectivity index (χ2n) is 17.9. The number of pyridine rings is 2. The van der Waals surface area contributed by atoms with E-state index in [1.807, 2.05) is 48.8 Å². The Morgan fingerprint density at radius 1 is 0.514 bits per heavy atom. The molecule has 0 radical (unpaired) electrons. The first-order valence-corrected chi connectivity index (χ1v) is 23.9. The summed E-state index contributed by atoms with van der Waals surface area (Å²) in [6.07, 6.45) is 3.71. The fourth-order valence-corrected chi connectivity index (χ4v) is 12.8. The molecule has 8 nitrogen and oxygen atoms in total. The van der Waals surface area contributed by atoms with Crippen LogP contribution in [-0.4, -0.2) is 19.1 Å². The van der Waals surface area contributed by atoms with E-state index in [0.29, 0.717) is 11.3 Å². The Morgan fingerprint density at radius 2 is 1.17 bits per heavy atom. The highest BCUT2D eigenvalue weighted by Crippen LogP contribution is 2.64. The summed E-state index contributed by atoms with van der Waals surface area (Å²) in [6, 6.07) is 67.9. The van der Waals surface area contributed by atoms with E-state index >= 15 is 0 Å². The molecule has 324 valence electrons. The lowest BCUT2D eigenvalue weighted by Crippen LogP contribution is -2.34. The highest BCUT2D eigenvalue weighted by Gasteiger charge is 2.54. The Bertz CT molecular complexity index is 4330. The first-order valence-electron chi connectivity index (χ1n) is 23.1. The number of hydrogen-bond donors (Lipinski definition) is 0. The van der Waals surface area contributed by atoms with Gasteiger partial charge in [0.05, 0.1) is 74.1 Å². The molecule has 6 heterocycles. The molecule has 0 amide bonds. The lowest BCUT2D eigenvalue weighted by atomic mass is 9.65. The molecule has 9 heteroatoms. The van der Waals surface area contributed by atoms with Crippen molar-refractivity contribution in [3.05, 3.63) is 240 Å². The van der Waals surface area contributed by atoms with Crippen LogP contribution in [0.5, 0.6) is 11.5 Å². The number of nitrogens with zero attached hydrogens (tertiary/aromatic N) is 7. The molecule has 0 atom stereocenters. The number of ether oxygens (including phenoxy) is 1. The van der Waals surface area contributed by atoms with E-state index in [9.17, 15) is 5.26 Å². The number of benzene rings is 8. The number of fused-ring (bicyclic) bond motifs is 17. The largest absolute Gasteiger partial charge is 0.457 e. The van der Waals surface area contributed by atoms with Crippen LogP contribution in [0.2, 0.25) is 0 Å². The smallest absolute Gasteiger partial charge is 0.188 e. The summed E-state index contributed by atoms with van der Waals surface area (Å²) in [5, 5.41) is 14.1. The van der Waals surface area contributed by atoms with Crippen LogP contribution < -0.4 is 9.64 Å². The number of nitriles is 1. The van der Waals surface area contributed by atoms with Crippen LogP contribution >= 0.6 is 11.8 Å². The van der Waals surface area contributed by atoms with Gasteiger partial charge in [0.15, 0.2) is 5.69 Å². The number of rotatable bonds is 3. The zero-order valence-corrected chi connectivity index (χ0v) is 37.8. The predicted octanol–water partition coefficient (Wildman–Crippen LogP) is 15.5. The van der Waals surface area contributed by atoms with Crippen molar-refractivity contribution in [1.82, 2.24) is 19.1 Å². The Hall–Kier alpha value is -9.41. The third-order valence-corrected chi connectivity index (χ3v) is 15.6. The van der Waals surface area contributed by atoms with Gasteiger partial charge < -0.3 is 18.8 Å². The van der Waals surface area contributed by atoms with Crippen molar-refractivity contribution < 1.29 is 4.74 Å². The van der Waals surface area contributed by atoms with Crippen LogP contribution in [0.15, 0.2) is 210 Å². The van der Waals surface area contributed by atoms with Crippen LogP contribution in [0, 0.1) is 17.9 Å². The zero-order valence-electron chi connectivity index (χ0n) is 37.0. The highest BCUT2D eigenvalue weighted by atomic mass is 32.2. The standard InChI is InChI=1S/C61H33N7OS/c1-63-37-22-27-50-43(32-37)41-12-3-5-16-48(41)68(50)53-18-8-19-54-58(53)61(45-13-9-29-64-59(45)60-46(61)14-10-30-65-60)44-25-23-38(33-55(44)69-54)67-51-17-6-7-20-56(51)70-57-34-39(24-28-52(57)67)66-47-15-4-2-11-40(47)42-31-36(35-62)21-26-49(42)66/h2-34H. The van der Waals surface area contributed by atoms with E-state index in [1.165, 1.54) is 0 Å². The number of para-hydroxylation sites is 3. The van der Waals surface area contributed by atoms with Gasteiger partial charge in [-0.2, -0.15) is 5.26 Å². The molecule has 0 saturated carbocycles. The van der Waals surface area contributed by atoms with Gasteiger partial charge in [0.1, 0.15) is 11.5 Å². The molecule has 2 aliphatic heterocycles. The quantitative estimate of drug-likeness (QED) is 0.164. The van der Waals surface area contributed by atoms with Crippen molar-refractivity contribution in [2.75, 3.05) is 4.90 Å². The molecule has 8 aromatic carbocycles. The molecule has 0 unspecified atom stereocenters. The lowest BCUT2D eigenvalue weighted by molar-refractivity contribution is 0.436. The first kappa shape index (κ1) is 38.7. The Kier molecular flexibility index (Phi) is 7.90. The molecular formula is C61H33N7OS. The van der Waals surface area contributed by atoms with E-state index in [4.69, 9.17) is 21.3 Å². The normalized spacial score (nSPS) is 13.5. The minimum atomic E-state index is -0.877. The van der Waals surface area contributed by atoms with Gasteiger partial charge in [-0.25, -0.2) is 4.85 Å². The molecule has 0 saturated heterocycles. The van der Waals surface area contributed by atoms with Gasteiger partial charge in [-0.3, -0.25) is 9.97 Å². The van der Waals surface area contributed by atoms with Crippen molar-refractivity contribution in [3.8, 4) is 40.3 Å². The average molecular weight is 912 g/mol. The maximum atomic E-state index is 9.80. The van der Waals surface area contributed by atoms with Gasteiger partial charge in [-0.1, -0.05) is 90.6 Å². The van der Waals surface area contributed by atoms with Gasteiger partial charge in [-0.15, -0.1) is 0 Å². The molecular weight excluding hydrogens is 879 g/mol. The summed E-state index contributed by atoms with van der Waals surface area (Å²) in [7, 11) is 0. The van der Waals surface area contributed by atoms with Gasteiger partial charge in [0, 0.05) is 66.9 Å². The molecule has 0 fully saturated rings. The van der Waals surface area contributed by atoms with Crippen LogP contribution in [0.25, 0.3) is 71.2 Å².